The number of hydrogen-bond donors (Lipinski definition) is 3. The summed E-state index contributed by atoms with van der Waals surface area (Å²) >= 11 is 7.79. The first-order valence-electron chi connectivity index (χ1n) is 8.35. The molecule has 128 valence electrons. The van der Waals surface area contributed by atoms with Gasteiger partial charge in [0.15, 0.2) is 6.54 Å². The molecular formula is C18H24ClN3OS+2. The van der Waals surface area contributed by atoms with Crippen molar-refractivity contribution < 1.29 is 14.6 Å². The van der Waals surface area contributed by atoms with Gasteiger partial charge in [0.2, 0.25) is 0 Å². The summed E-state index contributed by atoms with van der Waals surface area (Å²) in [5, 5.41) is 5.84. The first-order chi connectivity index (χ1) is 11.6. The third-order valence-electron chi connectivity index (χ3n) is 4.54. The molecule has 24 heavy (non-hydrogen) atoms. The van der Waals surface area contributed by atoms with Crippen LogP contribution in [0.15, 0.2) is 35.7 Å². The zero-order valence-electron chi connectivity index (χ0n) is 13.9. The Morgan fingerprint density at radius 1 is 1.21 bits per heavy atom. The largest absolute Gasteiger partial charge is 0.321 e. The fourth-order valence-corrected chi connectivity index (χ4v) is 4.16. The van der Waals surface area contributed by atoms with E-state index in [1.54, 1.807) is 4.90 Å². The van der Waals surface area contributed by atoms with E-state index in [0.29, 0.717) is 11.6 Å². The fraction of sp³-hybridized carbons (Fsp3) is 0.389. The lowest BCUT2D eigenvalue weighted by atomic mass is 10.2. The topological polar surface area (TPSA) is 38.0 Å². The zero-order chi connectivity index (χ0) is 16.9. The molecule has 0 spiro atoms. The summed E-state index contributed by atoms with van der Waals surface area (Å²) in [5.74, 6) is 0.0807. The number of nitrogens with one attached hydrogen (secondary N) is 3. The van der Waals surface area contributed by atoms with Gasteiger partial charge in [-0.3, -0.25) is 4.79 Å². The standard InChI is InChI=1S/C18H22ClN3OS/c1-14-11-15(19)4-5-17(14)20-18(23)13-22-8-6-21(7-9-22)12-16-3-2-10-24-16/h2-5,10-11H,6-9,12-13H2,1H3,(H,20,23)/p+2. The molecular weight excluding hydrogens is 342 g/mol. The average molecular weight is 366 g/mol. The van der Waals surface area contributed by atoms with E-state index in [9.17, 15) is 4.79 Å². The number of rotatable bonds is 5. The lowest BCUT2D eigenvalue weighted by Gasteiger charge is -2.29. The first kappa shape index (κ1) is 17.4. The number of piperazine rings is 1. The quantitative estimate of drug-likeness (QED) is 0.714. The van der Waals surface area contributed by atoms with Crippen molar-refractivity contribution in [2.45, 2.75) is 13.5 Å². The minimum atomic E-state index is 0.0807. The Hall–Kier alpha value is -1.40. The molecule has 0 radical (unpaired) electrons. The van der Waals surface area contributed by atoms with E-state index in [2.05, 4.69) is 22.8 Å². The maximum atomic E-state index is 12.3. The highest BCUT2D eigenvalue weighted by atomic mass is 35.5. The molecule has 1 fully saturated rings. The van der Waals surface area contributed by atoms with Gasteiger partial charge in [0.1, 0.15) is 32.7 Å². The van der Waals surface area contributed by atoms with Crippen LogP contribution in [0.25, 0.3) is 0 Å². The van der Waals surface area contributed by atoms with Gasteiger partial charge in [-0.2, -0.15) is 0 Å². The highest BCUT2D eigenvalue weighted by molar-refractivity contribution is 7.09. The number of carbonyl (C=O) groups excluding carboxylic acids is 1. The summed E-state index contributed by atoms with van der Waals surface area (Å²) in [5.41, 5.74) is 1.85. The van der Waals surface area contributed by atoms with E-state index >= 15 is 0 Å². The van der Waals surface area contributed by atoms with Gasteiger partial charge in [-0.25, -0.2) is 0 Å². The molecule has 1 aliphatic rings. The number of aryl methyl sites for hydroxylation is 1. The van der Waals surface area contributed by atoms with E-state index in [1.807, 2.05) is 36.5 Å². The minimum Gasteiger partial charge on any atom is -0.321 e. The van der Waals surface area contributed by atoms with E-state index in [0.717, 1.165) is 44.0 Å². The molecule has 2 aromatic rings. The van der Waals surface area contributed by atoms with E-state index < -0.39 is 0 Å². The Morgan fingerprint density at radius 3 is 2.62 bits per heavy atom. The van der Waals surface area contributed by atoms with Crippen molar-refractivity contribution in [3.05, 3.63) is 51.2 Å². The van der Waals surface area contributed by atoms with Crippen molar-refractivity contribution in [1.82, 2.24) is 0 Å². The molecule has 4 nitrogen and oxygen atoms in total. The SMILES string of the molecule is Cc1cc(Cl)ccc1NC(=O)C[NH+]1CC[NH+](Cc2cccs2)CC1. The molecule has 0 unspecified atom stereocenters. The van der Waals surface area contributed by atoms with Crippen LogP contribution in [0.3, 0.4) is 0 Å². The molecule has 1 aliphatic heterocycles. The summed E-state index contributed by atoms with van der Waals surface area (Å²) in [6.45, 7) is 7.96. The van der Waals surface area contributed by atoms with Gasteiger partial charge < -0.3 is 15.1 Å². The molecule has 0 bridgehead atoms. The van der Waals surface area contributed by atoms with Gasteiger partial charge in [-0.15, -0.1) is 11.3 Å². The van der Waals surface area contributed by atoms with Crippen molar-refractivity contribution in [2.75, 3.05) is 38.0 Å². The number of amides is 1. The van der Waals surface area contributed by atoms with Gasteiger partial charge in [-0.1, -0.05) is 17.7 Å². The number of hydrogen-bond acceptors (Lipinski definition) is 2. The van der Waals surface area contributed by atoms with Crippen LogP contribution in [0.2, 0.25) is 5.02 Å². The molecule has 1 saturated heterocycles. The smallest absolute Gasteiger partial charge is 0.279 e. The third-order valence-corrected chi connectivity index (χ3v) is 5.65. The van der Waals surface area contributed by atoms with E-state index in [1.165, 1.54) is 9.78 Å². The second kappa shape index (κ2) is 8.12. The van der Waals surface area contributed by atoms with Crippen LogP contribution in [0, 0.1) is 6.92 Å². The Labute approximate surface area is 152 Å². The highest BCUT2D eigenvalue weighted by Crippen LogP contribution is 2.19. The number of carbonyl (C=O) groups is 1. The van der Waals surface area contributed by atoms with Crippen molar-refractivity contribution in [2.24, 2.45) is 0 Å². The Morgan fingerprint density at radius 2 is 1.96 bits per heavy atom. The lowest BCUT2D eigenvalue weighted by Crippen LogP contribution is -3.28. The summed E-state index contributed by atoms with van der Waals surface area (Å²) in [6, 6.07) is 9.87. The van der Waals surface area contributed by atoms with Crippen LogP contribution >= 0.6 is 22.9 Å². The molecule has 0 saturated carbocycles. The Kier molecular flexibility index (Phi) is 5.89. The number of thiophene rings is 1. The van der Waals surface area contributed by atoms with Crippen molar-refractivity contribution in [3.8, 4) is 0 Å². The van der Waals surface area contributed by atoms with Crippen molar-refractivity contribution in [1.29, 1.82) is 0 Å². The average Bonchev–Trinajstić information content (AvgIpc) is 3.05. The van der Waals surface area contributed by atoms with Crippen LogP contribution in [0.4, 0.5) is 5.69 Å². The Bertz CT molecular complexity index is 682. The van der Waals surface area contributed by atoms with Crippen LogP contribution in [0.5, 0.6) is 0 Å². The van der Waals surface area contributed by atoms with Gasteiger partial charge in [-0.05, 0) is 42.1 Å². The summed E-state index contributed by atoms with van der Waals surface area (Å²) in [4.78, 5) is 16.7. The predicted molar refractivity (Wildman–Crippen MR) is 99.1 cm³/mol. The van der Waals surface area contributed by atoms with Crippen LogP contribution in [-0.2, 0) is 11.3 Å². The van der Waals surface area contributed by atoms with Gasteiger partial charge >= 0.3 is 0 Å². The molecule has 0 atom stereocenters. The van der Waals surface area contributed by atoms with Crippen molar-refractivity contribution in [3.63, 3.8) is 0 Å². The number of benzene rings is 1. The first-order valence-corrected chi connectivity index (χ1v) is 9.61. The fourth-order valence-electron chi connectivity index (χ4n) is 3.16. The molecule has 3 rings (SSSR count). The van der Waals surface area contributed by atoms with E-state index in [-0.39, 0.29) is 5.91 Å². The molecule has 1 aromatic heterocycles. The Balaban J connectivity index is 1.44. The summed E-state index contributed by atoms with van der Waals surface area (Å²) in [7, 11) is 0. The number of halogens is 1. The third kappa shape index (κ3) is 4.80. The van der Waals surface area contributed by atoms with Gasteiger partial charge in [0.25, 0.3) is 5.91 Å². The van der Waals surface area contributed by atoms with Gasteiger partial charge in [0.05, 0.1) is 4.88 Å². The molecule has 3 N–H and O–H groups in total. The zero-order valence-corrected chi connectivity index (χ0v) is 15.5. The molecule has 0 aliphatic carbocycles. The molecule has 1 amide bonds. The van der Waals surface area contributed by atoms with Crippen LogP contribution < -0.4 is 15.1 Å². The monoisotopic (exact) mass is 365 g/mol. The second-order valence-corrected chi connectivity index (χ2v) is 7.91. The molecule has 1 aromatic carbocycles. The second-order valence-electron chi connectivity index (χ2n) is 6.44. The normalized spacial score (nSPS) is 20.8. The minimum absolute atomic E-state index is 0.0807. The van der Waals surface area contributed by atoms with Gasteiger partial charge in [0, 0.05) is 10.7 Å². The molecule has 2 heterocycles. The molecule has 6 heteroatoms. The number of anilines is 1. The maximum absolute atomic E-state index is 12.3. The van der Waals surface area contributed by atoms with Crippen LogP contribution in [0.1, 0.15) is 10.4 Å². The predicted octanol–water partition coefficient (Wildman–Crippen LogP) is 0.632. The van der Waals surface area contributed by atoms with E-state index in [4.69, 9.17) is 11.6 Å². The summed E-state index contributed by atoms with van der Waals surface area (Å²) < 4.78 is 0. The maximum Gasteiger partial charge on any atom is 0.279 e. The number of quaternary nitrogens is 2. The summed E-state index contributed by atoms with van der Waals surface area (Å²) in [6.07, 6.45) is 0. The lowest BCUT2D eigenvalue weighted by molar-refractivity contribution is -1.01. The highest BCUT2D eigenvalue weighted by Gasteiger charge is 2.25. The van der Waals surface area contributed by atoms with Crippen molar-refractivity contribution >= 4 is 34.5 Å². The van der Waals surface area contributed by atoms with Crippen LogP contribution in [-0.4, -0.2) is 38.6 Å².